The Morgan fingerprint density at radius 1 is 1.04 bits per heavy atom. The fourth-order valence-corrected chi connectivity index (χ4v) is 2.40. The van der Waals surface area contributed by atoms with Gasteiger partial charge in [0.25, 0.3) is 0 Å². The van der Waals surface area contributed by atoms with Crippen molar-refractivity contribution >= 4 is 34.8 Å². The van der Waals surface area contributed by atoms with Crippen molar-refractivity contribution < 1.29 is 14.0 Å². The maximum atomic E-state index is 13.2. The lowest BCUT2D eigenvalue weighted by atomic mass is 10.2. The van der Waals surface area contributed by atoms with Crippen molar-refractivity contribution in [1.82, 2.24) is 4.90 Å². The number of aryl methyl sites for hydroxylation is 1. The highest BCUT2D eigenvalue weighted by molar-refractivity contribution is 6.33. The zero-order chi connectivity index (χ0) is 18.4. The second-order valence-corrected chi connectivity index (χ2v) is 6.11. The molecule has 0 heterocycles. The highest BCUT2D eigenvalue weighted by atomic mass is 35.5. The monoisotopic (exact) mass is 363 g/mol. The van der Waals surface area contributed by atoms with Gasteiger partial charge in [0, 0.05) is 5.69 Å². The van der Waals surface area contributed by atoms with E-state index in [0.717, 1.165) is 5.56 Å². The van der Waals surface area contributed by atoms with E-state index in [1.165, 1.54) is 12.1 Å². The standard InChI is InChI=1S/C18H19ClFN3O2/c1-12-7-8-13(20)9-16(12)22-18(25)11-23(2)10-17(24)21-15-6-4-3-5-14(15)19/h3-9H,10-11H2,1-2H3,(H,21,24)(H,22,25). The number of rotatable bonds is 6. The molecule has 25 heavy (non-hydrogen) atoms. The van der Waals surface area contributed by atoms with Crippen LogP contribution in [-0.2, 0) is 9.59 Å². The number of benzene rings is 2. The molecule has 132 valence electrons. The lowest BCUT2D eigenvalue weighted by Crippen LogP contribution is -2.36. The van der Waals surface area contributed by atoms with E-state index >= 15 is 0 Å². The predicted octanol–water partition coefficient (Wildman–Crippen LogP) is 3.30. The number of nitrogens with zero attached hydrogens (tertiary/aromatic N) is 1. The summed E-state index contributed by atoms with van der Waals surface area (Å²) in [6.07, 6.45) is 0. The molecule has 0 aliphatic heterocycles. The molecule has 0 spiro atoms. The van der Waals surface area contributed by atoms with Crippen LogP contribution >= 0.6 is 11.6 Å². The largest absolute Gasteiger partial charge is 0.325 e. The zero-order valence-corrected chi connectivity index (χ0v) is 14.7. The molecular weight excluding hydrogens is 345 g/mol. The van der Waals surface area contributed by atoms with Gasteiger partial charge in [-0.1, -0.05) is 29.8 Å². The van der Waals surface area contributed by atoms with Crippen LogP contribution in [0.4, 0.5) is 15.8 Å². The lowest BCUT2D eigenvalue weighted by molar-refractivity contribution is -0.119. The van der Waals surface area contributed by atoms with Crippen molar-refractivity contribution in [2.24, 2.45) is 0 Å². The van der Waals surface area contributed by atoms with Crippen LogP contribution in [0.15, 0.2) is 42.5 Å². The van der Waals surface area contributed by atoms with Gasteiger partial charge >= 0.3 is 0 Å². The number of amides is 2. The summed E-state index contributed by atoms with van der Waals surface area (Å²) in [5.74, 6) is -1.04. The highest BCUT2D eigenvalue weighted by Gasteiger charge is 2.13. The number of carbonyl (C=O) groups is 2. The molecule has 0 saturated heterocycles. The Bertz CT molecular complexity index is 783. The predicted molar refractivity (Wildman–Crippen MR) is 97.3 cm³/mol. The summed E-state index contributed by atoms with van der Waals surface area (Å²) >= 11 is 5.98. The van der Waals surface area contributed by atoms with E-state index in [1.54, 1.807) is 49.2 Å². The van der Waals surface area contributed by atoms with Crippen LogP contribution in [0, 0.1) is 12.7 Å². The van der Waals surface area contributed by atoms with Gasteiger partial charge in [-0.3, -0.25) is 14.5 Å². The molecule has 0 bridgehead atoms. The molecule has 0 radical (unpaired) electrons. The normalized spacial score (nSPS) is 10.6. The number of likely N-dealkylation sites (N-methyl/N-ethyl adjacent to an activating group) is 1. The van der Waals surface area contributed by atoms with Crippen molar-refractivity contribution in [2.75, 3.05) is 30.8 Å². The highest BCUT2D eigenvalue weighted by Crippen LogP contribution is 2.20. The van der Waals surface area contributed by atoms with Gasteiger partial charge in [0.05, 0.1) is 23.8 Å². The molecule has 0 unspecified atom stereocenters. The molecule has 2 rings (SSSR count). The zero-order valence-electron chi connectivity index (χ0n) is 14.0. The third kappa shape index (κ3) is 5.85. The summed E-state index contributed by atoms with van der Waals surface area (Å²) < 4.78 is 13.2. The summed E-state index contributed by atoms with van der Waals surface area (Å²) in [4.78, 5) is 25.6. The summed E-state index contributed by atoms with van der Waals surface area (Å²) in [6, 6.07) is 11.1. The van der Waals surface area contributed by atoms with Gasteiger partial charge in [-0.05, 0) is 43.8 Å². The number of nitrogens with one attached hydrogen (secondary N) is 2. The number of carbonyl (C=O) groups excluding carboxylic acids is 2. The van der Waals surface area contributed by atoms with Crippen LogP contribution in [0.2, 0.25) is 5.02 Å². The quantitative estimate of drug-likeness (QED) is 0.827. The molecule has 2 aromatic carbocycles. The molecule has 5 nitrogen and oxygen atoms in total. The van der Waals surface area contributed by atoms with Gasteiger partial charge in [0.2, 0.25) is 11.8 Å². The molecular formula is C18H19ClFN3O2. The Hall–Kier alpha value is -2.44. The molecule has 2 amide bonds. The first-order chi connectivity index (χ1) is 11.8. The Kier molecular flexibility index (Phi) is 6.50. The molecule has 0 aliphatic carbocycles. The van der Waals surface area contributed by atoms with E-state index in [1.807, 2.05) is 0 Å². The van der Waals surface area contributed by atoms with Crippen LogP contribution in [0.5, 0.6) is 0 Å². The average Bonchev–Trinajstić information content (AvgIpc) is 2.52. The van der Waals surface area contributed by atoms with Crippen LogP contribution in [0.3, 0.4) is 0 Å². The van der Waals surface area contributed by atoms with Crippen LogP contribution in [-0.4, -0.2) is 36.9 Å². The Morgan fingerprint density at radius 2 is 1.64 bits per heavy atom. The van der Waals surface area contributed by atoms with E-state index in [2.05, 4.69) is 10.6 Å². The topological polar surface area (TPSA) is 61.4 Å². The number of hydrogen-bond donors (Lipinski definition) is 2. The first kappa shape index (κ1) is 18.9. The van der Waals surface area contributed by atoms with Gasteiger partial charge in [-0.25, -0.2) is 4.39 Å². The smallest absolute Gasteiger partial charge is 0.238 e. The maximum absolute atomic E-state index is 13.2. The van der Waals surface area contributed by atoms with E-state index in [9.17, 15) is 14.0 Å². The van der Waals surface area contributed by atoms with Gasteiger partial charge in [0.15, 0.2) is 0 Å². The third-order valence-electron chi connectivity index (χ3n) is 3.45. The first-order valence-electron chi connectivity index (χ1n) is 7.64. The number of halogens is 2. The summed E-state index contributed by atoms with van der Waals surface area (Å²) in [5, 5.41) is 5.77. The molecule has 2 N–H and O–H groups in total. The summed E-state index contributed by atoms with van der Waals surface area (Å²) in [7, 11) is 1.64. The van der Waals surface area contributed by atoms with Crippen molar-refractivity contribution in [3.63, 3.8) is 0 Å². The van der Waals surface area contributed by atoms with Gasteiger partial charge in [-0.15, -0.1) is 0 Å². The summed E-state index contributed by atoms with van der Waals surface area (Å²) in [6.45, 7) is 1.78. The molecule has 0 fully saturated rings. The number of anilines is 2. The first-order valence-corrected chi connectivity index (χ1v) is 8.02. The maximum Gasteiger partial charge on any atom is 0.238 e. The lowest BCUT2D eigenvalue weighted by Gasteiger charge is -2.17. The molecule has 7 heteroatoms. The van der Waals surface area contributed by atoms with Crippen molar-refractivity contribution in [1.29, 1.82) is 0 Å². The SMILES string of the molecule is Cc1ccc(F)cc1NC(=O)CN(C)CC(=O)Nc1ccccc1Cl. The van der Waals surface area contributed by atoms with Crippen molar-refractivity contribution in [2.45, 2.75) is 6.92 Å². The number of para-hydroxylation sites is 1. The van der Waals surface area contributed by atoms with Gasteiger partial charge in [0.1, 0.15) is 5.82 Å². The summed E-state index contributed by atoms with van der Waals surface area (Å²) in [5.41, 5.74) is 1.69. The van der Waals surface area contributed by atoms with E-state index < -0.39 is 5.82 Å². The van der Waals surface area contributed by atoms with Crippen LogP contribution < -0.4 is 10.6 Å². The molecule has 0 aromatic heterocycles. The van der Waals surface area contributed by atoms with E-state index in [4.69, 9.17) is 11.6 Å². The Morgan fingerprint density at radius 3 is 2.28 bits per heavy atom. The second-order valence-electron chi connectivity index (χ2n) is 5.71. The van der Waals surface area contributed by atoms with Gasteiger partial charge < -0.3 is 10.6 Å². The molecule has 0 saturated carbocycles. The minimum Gasteiger partial charge on any atom is -0.325 e. The van der Waals surface area contributed by atoms with Crippen LogP contribution in [0.25, 0.3) is 0 Å². The number of hydrogen-bond acceptors (Lipinski definition) is 3. The van der Waals surface area contributed by atoms with Gasteiger partial charge in [-0.2, -0.15) is 0 Å². The van der Waals surface area contributed by atoms with E-state index in [0.29, 0.717) is 16.4 Å². The molecule has 0 atom stereocenters. The molecule has 0 aliphatic rings. The fourth-order valence-electron chi connectivity index (χ4n) is 2.22. The Balaban J connectivity index is 1.85. The van der Waals surface area contributed by atoms with Crippen LogP contribution in [0.1, 0.15) is 5.56 Å². The average molecular weight is 364 g/mol. The van der Waals surface area contributed by atoms with Crippen molar-refractivity contribution in [3.8, 4) is 0 Å². The van der Waals surface area contributed by atoms with E-state index in [-0.39, 0.29) is 24.9 Å². The van der Waals surface area contributed by atoms with Crippen molar-refractivity contribution in [3.05, 3.63) is 58.9 Å². The fraction of sp³-hybridized carbons (Fsp3) is 0.222. The molecule has 2 aromatic rings. The minimum absolute atomic E-state index is 0.00804. The third-order valence-corrected chi connectivity index (χ3v) is 3.78. The minimum atomic E-state index is -0.423. The second kappa shape index (κ2) is 8.60. The Labute approximate surface area is 150 Å².